The van der Waals surface area contributed by atoms with Crippen LogP contribution in [0.3, 0.4) is 0 Å². The van der Waals surface area contributed by atoms with E-state index in [2.05, 4.69) is 11.8 Å². The van der Waals surface area contributed by atoms with E-state index in [9.17, 15) is 4.39 Å². The Morgan fingerprint density at radius 2 is 2.29 bits per heavy atom. The number of ether oxygens (including phenoxy) is 2. The van der Waals surface area contributed by atoms with Crippen molar-refractivity contribution >= 4 is 0 Å². The maximum absolute atomic E-state index is 13.3. The van der Waals surface area contributed by atoms with Crippen LogP contribution in [0.15, 0.2) is 18.2 Å². The molecule has 0 bridgehead atoms. The SMILES string of the molecule is OCCC#Cc1cc(F)ccc1COCC1CCCCO1. The summed E-state index contributed by atoms with van der Waals surface area (Å²) in [6.07, 6.45) is 3.89. The predicted octanol–water partition coefficient (Wildman–Crippen LogP) is 2.65. The van der Waals surface area contributed by atoms with E-state index in [1.54, 1.807) is 6.07 Å². The molecule has 1 aromatic rings. The second-order valence-electron chi connectivity index (χ2n) is 5.08. The Balaban J connectivity index is 1.90. The molecule has 1 N–H and O–H groups in total. The molecule has 4 heteroatoms. The van der Waals surface area contributed by atoms with Crippen LogP contribution in [0.25, 0.3) is 0 Å². The first-order chi connectivity index (χ1) is 10.3. The monoisotopic (exact) mass is 292 g/mol. The van der Waals surface area contributed by atoms with E-state index in [4.69, 9.17) is 14.6 Å². The number of halogens is 1. The molecule has 0 radical (unpaired) electrons. The summed E-state index contributed by atoms with van der Waals surface area (Å²) < 4.78 is 24.6. The van der Waals surface area contributed by atoms with E-state index in [0.717, 1.165) is 25.0 Å². The van der Waals surface area contributed by atoms with Gasteiger partial charge in [0.05, 0.1) is 25.9 Å². The van der Waals surface area contributed by atoms with Gasteiger partial charge in [-0.05, 0) is 37.0 Å². The van der Waals surface area contributed by atoms with Gasteiger partial charge in [-0.25, -0.2) is 4.39 Å². The second-order valence-corrected chi connectivity index (χ2v) is 5.08. The molecule has 1 aliphatic rings. The predicted molar refractivity (Wildman–Crippen MR) is 78.2 cm³/mol. The van der Waals surface area contributed by atoms with Crippen molar-refractivity contribution in [1.82, 2.24) is 0 Å². The first-order valence-corrected chi connectivity index (χ1v) is 7.37. The molecule has 1 fully saturated rings. The summed E-state index contributed by atoms with van der Waals surface area (Å²) in [5.41, 5.74) is 1.48. The van der Waals surface area contributed by atoms with Gasteiger partial charge in [0.2, 0.25) is 0 Å². The highest BCUT2D eigenvalue weighted by atomic mass is 19.1. The zero-order valence-corrected chi connectivity index (χ0v) is 12.1. The summed E-state index contributed by atoms with van der Waals surface area (Å²) in [7, 11) is 0. The summed E-state index contributed by atoms with van der Waals surface area (Å²) >= 11 is 0. The molecule has 114 valence electrons. The Morgan fingerprint density at radius 1 is 1.38 bits per heavy atom. The van der Waals surface area contributed by atoms with Crippen LogP contribution in [0.1, 0.15) is 36.8 Å². The average Bonchev–Trinajstić information content (AvgIpc) is 2.51. The maximum Gasteiger partial charge on any atom is 0.124 e. The summed E-state index contributed by atoms with van der Waals surface area (Å²) in [6, 6.07) is 4.51. The maximum atomic E-state index is 13.3. The van der Waals surface area contributed by atoms with Gasteiger partial charge in [0.25, 0.3) is 0 Å². The number of aliphatic hydroxyl groups excluding tert-OH is 1. The van der Waals surface area contributed by atoms with Crippen molar-refractivity contribution in [3.05, 3.63) is 35.1 Å². The van der Waals surface area contributed by atoms with E-state index in [1.807, 2.05) is 0 Å². The molecule has 0 spiro atoms. The van der Waals surface area contributed by atoms with E-state index in [-0.39, 0.29) is 18.5 Å². The third kappa shape index (κ3) is 5.47. The average molecular weight is 292 g/mol. The van der Waals surface area contributed by atoms with Crippen LogP contribution >= 0.6 is 0 Å². The summed E-state index contributed by atoms with van der Waals surface area (Å²) in [4.78, 5) is 0. The van der Waals surface area contributed by atoms with Gasteiger partial charge in [-0.15, -0.1) is 0 Å². The first-order valence-electron chi connectivity index (χ1n) is 7.37. The fraction of sp³-hybridized carbons (Fsp3) is 0.529. The minimum absolute atomic E-state index is 0.00711. The Bertz CT molecular complexity index is 498. The smallest absolute Gasteiger partial charge is 0.124 e. The minimum Gasteiger partial charge on any atom is -0.395 e. The molecule has 0 aromatic heterocycles. The van der Waals surface area contributed by atoms with Crippen LogP contribution in [0.2, 0.25) is 0 Å². The van der Waals surface area contributed by atoms with Crippen LogP contribution in [-0.4, -0.2) is 31.0 Å². The van der Waals surface area contributed by atoms with Gasteiger partial charge in [-0.2, -0.15) is 0 Å². The van der Waals surface area contributed by atoms with E-state index in [1.165, 1.54) is 18.6 Å². The number of hydrogen-bond acceptors (Lipinski definition) is 3. The molecule has 1 aliphatic heterocycles. The minimum atomic E-state index is -0.317. The van der Waals surface area contributed by atoms with Gasteiger partial charge >= 0.3 is 0 Å². The van der Waals surface area contributed by atoms with Crippen LogP contribution in [0.5, 0.6) is 0 Å². The molecule has 3 nitrogen and oxygen atoms in total. The molecule has 1 heterocycles. The lowest BCUT2D eigenvalue weighted by atomic mass is 10.1. The molecule has 21 heavy (non-hydrogen) atoms. The highest BCUT2D eigenvalue weighted by molar-refractivity contribution is 5.41. The zero-order valence-electron chi connectivity index (χ0n) is 12.1. The third-order valence-corrected chi connectivity index (χ3v) is 3.37. The van der Waals surface area contributed by atoms with Gasteiger partial charge in [0, 0.05) is 18.6 Å². The van der Waals surface area contributed by atoms with Gasteiger partial charge < -0.3 is 14.6 Å². The lowest BCUT2D eigenvalue weighted by Crippen LogP contribution is -2.24. The van der Waals surface area contributed by atoms with Crippen LogP contribution in [0, 0.1) is 17.7 Å². The topological polar surface area (TPSA) is 38.7 Å². The highest BCUT2D eigenvalue weighted by Gasteiger charge is 2.14. The molecule has 1 saturated heterocycles. The van der Waals surface area contributed by atoms with Crippen molar-refractivity contribution in [2.75, 3.05) is 19.8 Å². The van der Waals surface area contributed by atoms with Crippen LogP contribution < -0.4 is 0 Å². The first kappa shape index (κ1) is 16.0. The summed E-state index contributed by atoms with van der Waals surface area (Å²) in [6.45, 7) is 1.76. The molecule has 0 saturated carbocycles. The molecular weight excluding hydrogens is 271 g/mol. The van der Waals surface area contributed by atoms with Crippen molar-refractivity contribution in [2.45, 2.75) is 38.4 Å². The van der Waals surface area contributed by atoms with Crippen molar-refractivity contribution in [3.63, 3.8) is 0 Å². The van der Waals surface area contributed by atoms with Gasteiger partial charge in [-0.3, -0.25) is 0 Å². The van der Waals surface area contributed by atoms with E-state index >= 15 is 0 Å². The van der Waals surface area contributed by atoms with Crippen molar-refractivity contribution in [1.29, 1.82) is 0 Å². The molecule has 1 aromatic carbocycles. The molecule has 2 rings (SSSR count). The largest absolute Gasteiger partial charge is 0.395 e. The molecule has 1 unspecified atom stereocenters. The molecular formula is C17H21FO3. The summed E-state index contributed by atoms with van der Waals surface area (Å²) in [5, 5.41) is 8.74. The number of rotatable bonds is 5. The van der Waals surface area contributed by atoms with Gasteiger partial charge in [0.15, 0.2) is 0 Å². The van der Waals surface area contributed by atoms with Crippen molar-refractivity contribution < 1.29 is 19.0 Å². The fourth-order valence-corrected chi connectivity index (χ4v) is 2.24. The Labute approximate surface area is 125 Å². The third-order valence-electron chi connectivity index (χ3n) is 3.37. The molecule has 0 amide bonds. The van der Waals surface area contributed by atoms with Crippen LogP contribution in [-0.2, 0) is 16.1 Å². The van der Waals surface area contributed by atoms with Crippen LogP contribution in [0.4, 0.5) is 4.39 Å². The van der Waals surface area contributed by atoms with Gasteiger partial charge in [0.1, 0.15) is 5.82 Å². The van der Waals surface area contributed by atoms with E-state index in [0.29, 0.717) is 25.2 Å². The van der Waals surface area contributed by atoms with Crippen molar-refractivity contribution in [2.24, 2.45) is 0 Å². The summed E-state index contributed by atoms with van der Waals surface area (Å²) in [5.74, 6) is 5.38. The number of aliphatic hydroxyl groups is 1. The molecule has 0 aliphatic carbocycles. The normalized spacial score (nSPS) is 18.1. The van der Waals surface area contributed by atoms with E-state index < -0.39 is 0 Å². The molecule has 1 atom stereocenters. The Hall–Kier alpha value is -1.41. The number of benzene rings is 1. The standard InChI is InChI=1S/C17H21FO3/c18-16-8-7-15(14(11-16)5-1-3-9-19)12-20-13-17-6-2-4-10-21-17/h7-8,11,17,19H,2-4,6,9-10,12-13H2. The zero-order chi connectivity index (χ0) is 14.9. The lowest BCUT2D eigenvalue weighted by Gasteiger charge is -2.22. The van der Waals surface area contributed by atoms with Crippen molar-refractivity contribution in [3.8, 4) is 11.8 Å². The lowest BCUT2D eigenvalue weighted by molar-refractivity contribution is -0.0448. The number of hydrogen-bond donors (Lipinski definition) is 1. The fourth-order valence-electron chi connectivity index (χ4n) is 2.24. The highest BCUT2D eigenvalue weighted by Crippen LogP contribution is 2.15. The van der Waals surface area contributed by atoms with Gasteiger partial charge in [-0.1, -0.05) is 17.9 Å². The Morgan fingerprint density at radius 3 is 3.05 bits per heavy atom. The second kappa shape index (κ2) is 8.78. The quantitative estimate of drug-likeness (QED) is 0.848. The Kier molecular flexibility index (Phi) is 6.68.